The van der Waals surface area contributed by atoms with Gasteiger partial charge in [0.15, 0.2) is 0 Å². The molecule has 2 aromatic rings. The SMILES string of the molecule is COc1cc(NC(=O)C(N)C(C)C)cc2ccccc12. The molecule has 106 valence electrons. The fourth-order valence-corrected chi connectivity index (χ4v) is 2.04. The fourth-order valence-electron chi connectivity index (χ4n) is 2.04. The summed E-state index contributed by atoms with van der Waals surface area (Å²) in [4.78, 5) is 12.0. The Bertz CT molecular complexity index is 623. The van der Waals surface area contributed by atoms with E-state index in [0.717, 1.165) is 16.5 Å². The molecule has 4 nitrogen and oxygen atoms in total. The van der Waals surface area contributed by atoms with Crippen molar-refractivity contribution < 1.29 is 9.53 Å². The number of anilines is 1. The Morgan fingerprint density at radius 3 is 2.60 bits per heavy atom. The van der Waals surface area contributed by atoms with Gasteiger partial charge in [0.05, 0.1) is 13.2 Å². The van der Waals surface area contributed by atoms with Gasteiger partial charge in [-0.3, -0.25) is 4.79 Å². The number of fused-ring (bicyclic) bond motifs is 1. The maximum Gasteiger partial charge on any atom is 0.241 e. The van der Waals surface area contributed by atoms with Gasteiger partial charge in [0.2, 0.25) is 5.91 Å². The monoisotopic (exact) mass is 272 g/mol. The summed E-state index contributed by atoms with van der Waals surface area (Å²) in [6.45, 7) is 3.84. The zero-order valence-electron chi connectivity index (χ0n) is 12.0. The molecule has 0 saturated heterocycles. The van der Waals surface area contributed by atoms with Crippen LogP contribution in [0.2, 0.25) is 0 Å². The molecule has 1 unspecified atom stereocenters. The van der Waals surface area contributed by atoms with E-state index in [1.807, 2.05) is 50.2 Å². The van der Waals surface area contributed by atoms with Crippen molar-refractivity contribution in [1.82, 2.24) is 0 Å². The van der Waals surface area contributed by atoms with Crippen LogP contribution in [0.5, 0.6) is 5.75 Å². The smallest absolute Gasteiger partial charge is 0.241 e. The van der Waals surface area contributed by atoms with Crippen molar-refractivity contribution >= 4 is 22.4 Å². The summed E-state index contributed by atoms with van der Waals surface area (Å²) in [6.07, 6.45) is 0. The Hall–Kier alpha value is -2.07. The minimum Gasteiger partial charge on any atom is -0.496 e. The van der Waals surface area contributed by atoms with Gasteiger partial charge in [0.25, 0.3) is 0 Å². The van der Waals surface area contributed by atoms with Crippen molar-refractivity contribution in [2.24, 2.45) is 11.7 Å². The second kappa shape index (κ2) is 5.92. The van der Waals surface area contributed by atoms with Crippen LogP contribution in [0.15, 0.2) is 36.4 Å². The van der Waals surface area contributed by atoms with Crippen LogP contribution in [0.25, 0.3) is 10.8 Å². The summed E-state index contributed by atoms with van der Waals surface area (Å²) >= 11 is 0. The van der Waals surface area contributed by atoms with E-state index in [2.05, 4.69) is 5.32 Å². The Kier molecular flexibility index (Phi) is 4.25. The summed E-state index contributed by atoms with van der Waals surface area (Å²) in [5.41, 5.74) is 6.54. The normalized spacial score (nSPS) is 12.4. The third-order valence-corrected chi connectivity index (χ3v) is 3.33. The van der Waals surface area contributed by atoms with Crippen molar-refractivity contribution in [2.75, 3.05) is 12.4 Å². The average molecular weight is 272 g/mol. The predicted molar refractivity (Wildman–Crippen MR) is 81.9 cm³/mol. The van der Waals surface area contributed by atoms with Crippen molar-refractivity contribution in [3.05, 3.63) is 36.4 Å². The molecule has 0 spiro atoms. The molecule has 0 fully saturated rings. The highest BCUT2D eigenvalue weighted by Crippen LogP contribution is 2.29. The molecule has 4 heteroatoms. The van der Waals surface area contributed by atoms with Gasteiger partial charge in [-0.2, -0.15) is 0 Å². The molecule has 2 rings (SSSR count). The van der Waals surface area contributed by atoms with Crippen molar-refractivity contribution in [1.29, 1.82) is 0 Å². The van der Waals surface area contributed by atoms with E-state index in [-0.39, 0.29) is 11.8 Å². The van der Waals surface area contributed by atoms with Crippen LogP contribution >= 0.6 is 0 Å². The summed E-state index contributed by atoms with van der Waals surface area (Å²) in [7, 11) is 1.62. The van der Waals surface area contributed by atoms with Gasteiger partial charge in [-0.1, -0.05) is 38.1 Å². The summed E-state index contributed by atoms with van der Waals surface area (Å²) in [5, 5.41) is 4.88. The maximum atomic E-state index is 12.0. The highest BCUT2D eigenvalue weighted by atomic mass is 16.5. The summed E-state index contributed by atoms with van der Waals surface area (Å²) in [6, 6.07) is 11.1. The molecule has 3 N–H and O–H groups in total. The molecule has 20 heavy (non-hydrogen) atoms. The van der Waals surface area contributed by atoms with Crippen molar-refractivity contribution in [3.63, 3.8) is 0 Å². The van der Waals surface area contributed by atoms with Gasteiger partial charge in [0, 0.05) is 17.1 Å². The number of ether oxygens (including phenoxy) is 1. The van der Waals surface area contributed by atoms with Crippen molar-refractivity contribution in [3.8, 4) is 5.75 Å². The first-order valence-corrected chi connectivity index (χ1v) is 6.66. The zero-order valence-corrected chi connectivity index (χ0v) is 12.0. The molecule has 0 aliphatic heterocycles. The van der Waals surface area contributed by atoms with Crippen LogP contribution in [-0.4, -0.2) is 19.1 Å². The second-order valence-electron chi connectivity index (χ2n) is 5.16. The highest BCUT2D eigenvalue weighted by molar-refractivity contribution is 5.99. The molecule has 1 amide bonds. The van der Waals surface area contributed by atoms with E-state index < -0.39 is 6.04 Å². The summed E-state index contributed by atoms with van der Waals surface area (Å²) < 4.78 is 5.38. The number of nitrogens with one attached hydrogen (secondary N) is 1. The lowest BCUT2D eigenvalue weighted by molar-refractivity contribution is -0.118. The average Bonchev–Trinajstić information content (AvgIpc) is 2.45. The van der Waals surface area contributed by atoms with Gasteiger partial charge >= 0.3 is 0 Å². The number of hydrogen-bond acceptors (Lipinski definition) is 3. The van der Waals surface area contributed by atoms with Gasteiger partial charge in [-0.15, -0.1) is 0 Å². The van der Waals surface area contributed by atoms with E-state index >= 15 is 0 Å². The van der Waals surface area contributed by atoms with E-state index in [0.29, 0.717) is 5.69 Å². The molecule has 2 aromatic carbocycles. The van der Waals surface area contributed by atoms with Gasteiger partial charge in [-0.05, 0) is 17.4 Å². The van der Waals surface area contributed by atoms with Crippen LogP contribution in [0.4, 0.5) is 5.69 Å². The van der Waals surface area contributed by atoms with Crippen LogP contribution in [0, 0.1) is 5.92 Å². The minimum absolute atomic E-state index is 0.0948. The molecular formula is C16H20N2O2. The molecule has 0 saturated carbocycles. The fraction of sp³-hybridized carbons (Fsp3) is 0.312. The third-order valence-electron chi connectivity index (χ3n) is 3.33. The number of nitrogens with two attached hydrogens (primary N) is 1. The molecule has 1 atom stereocenters. The first-order valence-electron chi connectivity index (χ1n) is 6.66. The minimum atomic E-state index is -0.521. The maximum absolute atomic E-state index is 12.0. The Balaban J connectivity index is 2.33. The molecule has 0 bridgehead atoms. The van der Waals surface area contributed by atoms with Crippen LogP contribution < -0.4 is 15.8 Å². The number of methoxy groups -OCH3 is 1. The number of amides is 1. The van der Waals surface area contributed by atoms with Gasteiger partial charge in [0.1, 0.15) is 5.75 Å². The van der Waals surface area contributed by atoms with E-state index in [4.69, 9.17) is 10.5 Å². The lowest BCUT2D eigenvalue weighted by atomic mass is 10.0. The van der Waals surface area contributed by atoms with E-state index in [9.17, 15) is 4.79 Å². The number of carbonyl (C=O) groups excluding carboxylic acids is 1. The molecule has 0 aliphatic carbocycles. The number of rotatable bonds is 4. The molecule has 0 aromatic heterocycles. The van der Waals surface area contributed by atoms with Crippen LogP contribution in [0.3, 0.4) is 0 Å². The molecule has 0 heterocycles. The first kappa shape index (κ1) is 14.3. The second-order valence-corrected chi connectivity index (χ2v) is 5.16. The molecule has 0 radical (unpaired) electrons. The van der Waals surface area contributed by atoms with Crippen LogP contribution in [-0.2, 0) is 4.79 Å². The number of carbonyl (C=O) groups is 1. The van der Waals surface area contributed by atoms with Gasteiger partial charge in [-0.25, -0.2) is 0 Å². The molecular weight excluding hydrogens is 252 g/mol. The Labute approximate surface area is 118 Å². The lowest BCUT2D eigenvalue weighted by Crippen LogP contribution is -2.39. The topological polar surface area (TPSA) is 64.3 Å². The Morgan fingerprint density at radius 1 is 1.25 bits per heavy atom. The largest absolute Gasteiger partial charge is 0.496 e. The first-order chi connectivity index (χ1) is 9.52. The third kappa shape index (κ3) is 2.91. The summed E-state index contributed by atoms with van der Waals surface area (Å²) in [5.74, 6) is 0.645. The highest BCUT2D eigenvalue weighted by Gasteiger charge is 2.17. The molecule has 0 aliphatic rings. The van der Waals surface area contributed by atoms with E-state index in [1.165, 1.54) is 0 Å². The van der Waals surface area contributed by atoms with Gasteiger partial charge < -0.3 is 15.8 Å². The Morgan fingerprint density at radius 2 is 1.95 bits per heavy atom. The lowest BCUT2D eigenvalue weighted by Gasteiger charge is -2.16. The number of benzene rings is 2. The number of hydrogen-bond donors (Lipinski definition) is 2. The predicted octanol–water partition coefficient (Wildman–Crippen LogP) is 2.77. The van der Waals surface area contributed by atoms with Crippen LogP contribution in [0.1, 0.15) is 13.8 Å². The zero-order chi connectivity index (χ0) is 14.7. The quantitative estimate of drug-likeness (QED) is 0.899. The van der Waals surface area contributed by atoms with E-state index in [1.54, 1.807) is 7.11 Å². The van der Waals surface area contributed by atoms with Crippen molar-refractivity contribution in [2.45, 2.75) is 19.9 Å². The standard InChI is InChI=1S/C16H20N2O2/c1-10(2)15(17)16(19)18-12-8-11-6-4-5-7-13(11)14(9-12)20-3/h4-10,15H,17H2,1-3H3,(H,18,19).